The molecule has 0 saturated carbocycles. The number of aliphatic imine (C=N–C) groups is 1. The third-order valence-corrected chi connectivity index (χ3v) is 1.43. The standard InChI is InChI=1S/C8H3F2NO3/c9-5-2-6(10)7(11-3-12)1-4(5)8(13)14/h1-2H,(H,13,14). The molecule has 4 nitrogen and oxygen atoms in total. The van der Waals surface area contributed by atoms with Crippen LogP contribution >= 0.6 is 0 Å². The van der Waals surface area contributed by atoms with Crippen molar-refractivity contribution < 1.29 is 23.5 Å². The van der Waals surface area contributed by atoms with Gasteiger partial charge in [-0.1, -0.05) is 0 Å². The van der Waals surface area contributed by atoms with Crippen LogP contribution in [-0.2, 0) is 4.79 Å². The number of carboxylic acid groups (broad SMARTS) is 1. The Morgan fingerprint density at radius 1 is 1.36 bits per heavy atom. The number of carbonyl (C=O) groups excluding carboxylic acids is 1. The van der Waals surface area contributed by atoms with E-state index in [4.69, 9.17) is 5.11 Å². The molecule has 0 heterocycles. The number of rotatable bonds is 2. The lowest BCUT2D eigenvalue weighted by atomic mass is 10.2. The molecular weight excluding hydrogens is 196 g/mol. The van der Waals surface area contributed by atoms with Crippen molar-refractivity contribution in [1.82, 2.24) is 0 Å². The van der Waals surface area contributed by atoms with E-state index in [9.17, 15) is 18.4 Å². The van der Waals surface area contributed by atoms with E-state index < -0.39 is 28.9 Å². The lowest BCUT2D eigenvalue weighted by Crippen LogP contribution is -2.00. The summed E-state index contributed by atoms with van der Waals surface area (Å²) in [5.74, 6) is -3.90. The second-order valence-electron chi connectivity index (χ2n) is 2.29. The van der Waals surface area contributed by atoms with E-state index in [1.165, 1.54) is 0 Å². The average molecular weight is 199 g/mol. The van der Waals surface area contributed by atoms with E-state index in [0.29, 0.717) is 12.1 Å². The highest BCUT2D eigenvalue weighted by Crippen LogP contribution is 2.21. The van der Waals surface area contributed by atoms with Crippen molar-refractivity contribution in [2.45, 2.75) is 0 Å². The maximum absolute atomic E-state index is 12.8. The minimum Gasteiger partial charge on any atom is -0.478 e. The molecule has 1 rings (SSSR count). The summed E-state index contributed by atoms with van der Waals surface area (Å²) in [5, 5.41) is 8.45. The molecule has 0 aliphatic rings. The van der Waals surface area contributed by atoms with Gasteiger partial charge in [0.2, 0.25) is 6.08 Å². The zero-order valence-corrected chi connectivity index (χ0v) is 6.62. The quantitative estimate of drug-likeness (QED) is 0.581. The van der Waals surface area contributed by atoms with Gasteiger partial charge in [0.05, 0.1) is 5.56 Å². The largest absolute Gasteiger partial charge is 0.478 e. The summed E-state index contributed by atoms with van der Waals surface area (Å²) in [6.07, 6.45) is 1.03. The van der Waals surface area contributed by atoms with Crippen molar-refractivity contribution in [2.24, 2.45) is 4.99 Å². The number of nitrogens with zero attached hydrogens (tertiary/aromatic N) is 1. The summed E-state index contributed by atoms with van der Waals surface area (Å²) < 4.78 is 25.5. The lowest BCUT2D eigenvalue weighted by molar-refractivity contribution is 0.0692. The number of aromatic carboxylic acids is 1. The van der Waals surface area contributed by atoms with Gasteiger partial charge in [0.1, 0.15) is 11.5 Å². The van der Waals surface area contributed by atoms with Gasteiger partial charge < -0.3 is 5.11 Å². The molecule has 0 bridgehead atoms. The number of benzene rings is 1. The Morgan fingerprint density at radius 2 is 2.00 bits per heavy atom. The Balaban J connectivity index is 3.41. The van der Waals surface area contributed by atoms with E-state index in [0.717, 1.165) is 6.08 Å². The first-order valence-corrected chi connectivity index (χ1v) is 3.36. The summed E-state index contributed by atoms with van der Waals surface area (Å²) in [5.41, 5.74) is -1.31. The summed E-state index contributed by atoms with van der Waals surface area (Å²) in [6.45, 7) is 0. The smallest absolute Gasteiger partial charge is 0.338 e. The van der Waals surface area contributed by atoms with Crippen molar-refractivity contribution in [3.8, 4) is 0 Å². The van der Waals surface area contributed by atoms with Crippen LogP contribution in [0.15, 0.2) is 17.1 Å². The average Bonchev–Trinajstić information content (AvgIpc) is 2.09. The minimum absolute atomic E-state index is 0.347. The van der Waals surface area contributed by atoms with E-state index in [2.05, 4.69) is 4.99 Å². The molecule has 14 heavy (non-hydrogen) atoms. The van der Waals surface area contributed by atoms with Gasteiger partial charge in [-0.15, -0.1) is 0 Å². The zero-order valence-electron chi connectivity index (χ0n) is 6.62. The van der Waals surface area contributed by atoms with Gasteiger partial charge in [0, 0.05) is 6.07 Å². The van der Waals surface area contributed by atoms with Gasteiger partial charge in [-0.05, 0) is 6.07 Å². The van der Waals surface area contributed by atoms with Crippen LogP contribution in [0, 0.1) is 11.6 Å². The molecule has 0 aliphatic heterocycles. The second-order valence-corrected chi connectivity index (χ2v) is 2.29. The maximum Gasteiger partial charge on any atom is 0.338 e. The maximum atomic E-state index is 12.8. The highest BCUT2D eigenvalue weighted by molar-refractivity contribution is 5.89. The van der Waals surface area contributed by atoms with Crippen LogP contribution in [0.25, 0.3) is 0 Å². The third kappa shape index (κ3) is 1.81. The Labute approximate surface area is 76.5 Å². The molecule has 0 radical (unpaired) electrons. The first-order valence-electron chi connectivity index (χ1n) is 3.36. The summed E-state index contributed by atoms with van der Waals surface area (Å²) in [4.78, 5) is 23.1. The molecule has 0 aliphatic carbocycles. The van der Waals surface area contributed by atoms with Gasteiger partial charge in [-0.3, -0.25) is 0 Å². The molecule has 0 saturated heterocycles. The topological polar surface area (TPSA) is 66.7 Å². The fourth-order valence-electron chi connectivity index (χ4n) is 0.836. The molecule has 72 valence electrons. The monoisotopic (exact) mass is 199 g/mol. The number of hydrogen-bond donors (Lipinski definition) is 1. The van der Waals surface area contributed by atoms with Crippen molar-refractivity contribution in [3.63, 3.8) is 0 Å². The van der Waals surface area contributed by atoms with E-state index >= 15 is 0 Å². The minimum atomic E-state index is -1.56. The first kappa shape index (κ1) is 10.0. The number of carbonyl (C=O) groups is 1. The SMILES string of the molecule is O=C=Nc1cc(C(=O)O)c(F)cc1F. The lowest BCUT2D eigenvalue weighted by Gasteiger charge is -1.99. The molecule has 0 aromatic heterocycles. The van der Waals surface area contributed by atoms with Crippen LogP contribution in [0.5, 0.6) is 0 Å². The van der Waals surface area contributed by atoms with Crippen molar-refractivity contribution in [3.05, 3.63) is 29.3 Å². The van der Waals surface area contributed by atoms with Gasteiger partial charge in [-0.25, -0.2) is 18.4 Å². The Morgan fingerprint density at radius 3 is 2.50 bits per heavy atom. The second kappa shape index (κ2) is 3.76. The first-order chi connectivity index (χ1) is 6.56. The molecule has 1 aromatic carbocycles. The number of halogens is 2. The zero-order chi connectivity index (χ0) is 10.7. The predicted octanol–water partition coefficient (Wildman–Crippen LogP) is 1.63. The van der Waals surface area contributed by atoms with Crippen LogP contribution in [0.3, 0.4) is 0 Å². The highest BCUT2D eigenvalue weighted by atomic mass is 19.1. The number of isocyanates is 1. The van der Waals surface area contributed by atoms with Crippen LogP contribution in [0.4, 0.5) is 14.5 Å². The Bertz CT molecular complexity index is 415. The summed E-state index contributed by atoms with van der Waals surface area (Å²) >= 11 is 0. The molecule has 0 fully saturated rings. The molecule has 0 spiro atoms. The van der Waals surface area contributed by atoms with Crippen LogP contribution in [-0.4, -0.2) is 17.2 Å². The van der Waals surface area contributed by atoms with Crippen molar-refractivity contribution in [2.75, 3.05) is 0 Å². The normalized spacial score (nSPS) is 9.29. The van der Waals surface area contributed by atoms with Crippen molar-refractivity contribution in [1.29, 1.82) is 0 Å². The van der Waals surface area contributed by atoms with E-state index in [1.54, 1.807) is 0 Å². The van der Waals surface area contributed by atoms with Gasteiger partial charge >= 0.3 is 5.97 Å². The van der Waals surface area contributed by atoms with Crippen LogP contribution in [0.1, 0.15) is 10.4 Å². The Hall–Kier alpha value is -2.07. The van der Waals surface area contributed by atoms with Crippen LogP contribution in [0.2, 0.25) is 0 Å². The molecule has 0 amide bonds. The van der Waals surface area contributed by atoms with Gasteiger partial charge in [0.25, 0.3) is 0 Å². The van der Waals surface area contributed by atoms with Gasteiger partial charge in [-0.2, -0.15) is 4.99 Å². The number of hydrogen-bond acceptors (Lipinski definition) is 3. The fraction of sp³-hybridized carbons (Fsp3) is 0. The predicted molar refractivity (Wildman–Crippen MR) is 41.1 cm³/mol. The molecule has 0 atom stereocenters. The van der Waals surface area contributed by atoms with Crippen LogP contribution < -0.4 is 0 Å². The molecule has 1 aromatic rings. The summed E-state index contributed by atoms with van der Waals surface area (Å²) in [6, 6.07) is 0.970. The van der Waals surface area contributed by atoms with E-state index in [1.807, 2.05) is 0 Å². The Kier molecular flexibility index (Phi) is 2.69. The summed E-state index contributed by atoms with van der Waals surface area (Å²) in [7, 11) is 0. The molecule has 1 N–H and O–H groups in total. The highest BCUT2D eigenvalue weighted by Gasteiger charge is 2.14. The van der Waals surface area contributed by atoms with Gasteiger partial charge in [0.15, 0.2) is 5.82 Å². The van der Waals surface area contributed by atoms with E-state index in [-0.39, 0.29) is 0 Å². The molecular formula is C8H3F2NO3. The van der Waals surface area contributed by atoms with Crippen molar-refractivity contribution >= 4 is 17.7 Å². The third-order valence-electron chi connectivity index (χ3n) is 1.43. The fourth-order valence-corrected chi connectivity index (χ4v) is 0.836. The number of carboxylic acids is 1. The molecule has 0 unspecified atom stereocenters. The molecule has 6 heteroatoms.